The van der Waals surface area contributed by atoms with Gasteiger partial charge in [-0.15, -0.1) is 11.3 Å². The highest BCUT2D eigenvalue weighted by Gasteiger charge is 2.40. The summed E-state index contributed by atoms with van der Waals surface area (Å²) in [7, 11) is 0. The van der Waals surface area contributed by atoms with E-state index in [2.05, 4.69) is 16.8 Å². The number of thiophene rings is 1. The van der Waals surface area contributed by atoms with Crippen LogP contribution in [0.25, 0.3) is 10.2 Å². The quantitative estimate of drug-likeness (QED) is 0.630. The molecule has 8 heteroatoms. The monoisotopic (exact) mass is 473 g/mol. The minimum Gasteiger partial charge on any atom is -0.490 e. The molecule has 0 unspecified atom stereocenters. The zero-order valence-electron chi connectivity index (χ0n) is 19.5. The van der Waals surface area contributed by atoms with Crippen molar-refractivity contribution in [1.82, 2.24) is 9.88 Å². The number of hydrogen-bond donors (Lipinski definition) is 1. The van der Waals surface area contributed by atoms with Gasteiger partial charge in [-0.05, 0) is 56.6 Å². The maximum atomic E-state index is 11.1. The lowest BCUT2D eigenvalue weighted by molar-refractivity contribution is -0.122. The van der Waals surface area contributed by atoms with Crippen molar-refractivity contribution in [2.24, 2.45) is 5.73 Å². The highest BCUT2D eigenvalue weighted by molar-refractivity contribution is 7.19. The molecular weight excluding hydrogens is 438 g/mol. The Kier molecular flexibility index (Phi) is 6.88. The molecule has 0 aromatic carbocycles. The molecule has 1 aliphatic heterocycles. The van der Waals surface area contributed by atoms with Gasteiger partial charge < -0.3 is 19.9 Å². The molecule has 3 heterocycles. The molecule has 0 radical (unpaired) electrons. The number of hydrogen-bond acceptors (Lipinski definition) is 7. The maximum Gasteiger partial charge on any atom is 0.243 e. The molecule has 33 heavy (non-hydrogen) atoms. The summed E-state index contributed by atoms with van der Waals surface area (Å²) in [6, 6.07) is 2.03. The zero-order chi connectivity index (χ0) is 22.8. The molecule has 180 valence electrons. The zero-order valence-corrected chi connectivity index (χ0v) is 20.3. The molecule has 0 bridgehead atoms. The molecule has 1 saturated carbocycles. The van der Waals surface area contributed by atoms with Crippen LogP contribution in [0.5, 0.6) is 5.75 Å². The maximum absolute atomic E-state index is 11.1. The van der Waals surface area contributed by atoms with Gasteiger partial charge >= 0.3 is 0 Å². The molecule has 1 amide bonds. The molecule has 1 saturated heterocycles. The Morgan fingerprint density at radius 3 is 2.82 bits per heavy atom. The number of nitrogens with zero attached hydrogens (tertiary/aromatic N) is 2. The van der Waals surface area contributed by atoms with Gasteiger partial charge in [0.25, 0.3) is 0 Å². The van der Waals surface area contributed by atoms with Crippen molar-refractivity contribution in [2.75, 3.05) is 39.5 Å². The highest BCUT2D eigenvalue weighted by Crippen LogP contribution is 2.47. The summed E-state index contributed by atoms with van der Waals surface area (Å²) in [6.07, 6.45) is 9.85. The lowest BCUT2D eigenvalue weighted by Crippen LogP contribution is -2.55. The summed E-state index contributed by atoms with van der Waals surface area (Å²) in [5.74, 6) is 0.798. The molecule has 2 aliphatic carbocycles. The summed E-state index contributed by atoms with van der Waals surface area (Å²) in [4.78, 5) is 20.8. The lowest BCUT2D eigenvalue weighted by Gasteiger charge is -2.49. The first kappa shape index (κ1) is 23.0. The number of fused-ring (bicyclic) bond motifs is 3. The van der Waals surface area contributed by atoms with Crippen LogP contribution in [0, 0.1) is 0 Å². The minimum atomic E-state index is -0.424. The number of nitrogens with two attached hydrogens (primary N) is 1. The van der Waals surface area contributed by atoms with Gasteiger partial charge in [0, 0.05) is 35.6 Å². The van der Waals surface area contributed by atoms with Gasteiger partial charge in [-0.1, -0.05) is 6.92 Å². The summed E-state index contributed by atoms with van der Waals surface area (Å²) < 4.78 is 17.9. The molecule has 7 nitrogen and oxygen atoms in total. The molecule has 1 atom stereocenters. The largest absolute Gasteiger partial charge is 0.490 e. The fourth-order valence-corrected chi connectivity index (χ4v) is 7.31. The van der Waals surface area contributed by atoms with E-state index in [0.29, 0.717) is 12.1 Å². The number of carbonyl (C=O) groups is 1. The van der Waals surface area contributed by atoms with Crippen LogP contribution in [0.2, 0.25) is 0 Å². The summed E-state index contributed by atoms with van der Waals surface area (Å²) in [5, 5.41) is 1.16. The van der Waals surface area contributed by atoms with E-state index in [9.17, 15) is 4.79 Å². The van der Waals surface area contributed by atoms with E-state index in [1.165, 1.54) is 29.7 Å². The molecule has 2 aromatic rings. The first-order chi connectivity index (χ1) is 16.1. The van der Waals surface area contributed by atoms with Crippen LogP contribution in [-0.2, 0) is 20.7 Å². The molecule has 2 aromatic heterocycles. The topological polar surface area (TPSA) is 86.9 Å². The minimum absolute atomic E-state index is 0.0279. The third-order valence-corrected chi connectivity index (χ3v) is 9.03. The number of pyridine rings is 1. The molecular formula is C25H35N3O4S. The van der Waals surface area contributed by atoms with Gasteiger partial charge in [-0.3, -0.25) is 9.69 Å². The molecule has 2 fully saturated rings. The number of amides is 1. The van der Waals surface area contributed by atoms with Crippen molar-refractivity contribution < 1.29 is 19.0 Å². The number of primary amides is 1. The number of morpholine rings is 1. The fourth-order valence-electron chi connectivity index (χ4n) is 6.05. The molecule has 0 spiro atoms. The Morgan fingerprint density at radius 1 is 1.30 bits per heavy atom. The van der Waals surface area contributed by atoms with E-state index >= 15 is 0 Å². The lowest BCUT2D eigenvalue weighted by atomic mass is 9.77. The highest BCUT2D eigenvalue weighted by atomic mass is 32.1. The van der Waals surface area contributed by atoms with E-state index in [0.717, 1.165) is 68.0 Å². The van der Waals surface area contributed by atoms with E-state index in [4.69, 9.17) is 19.9 Å². The third-order valence-electron chi connectivity index (χ3n) is 7.86. The van der Waals surface area contributed by atoms with Crippen molar-refractivity contribution in [1.29, 1.82) is 0 Å². The first-order valence-electron chi connectivity index (χ1n) is 12.4. The SMILES string of the molecule is CCC1(N2CCOCC2)CCC(Oc2ccnc3sc4c(c23)[C@@H](COCC(N)=O)CC4)CC1. The van der Waals surface area contributed by atoms with Gasteiger partial charge in [0.15, 0.2) is 0 Å². The van der Waals surface area contributed by atoms with E-state index in [-0.39, 0.29) is 18.6 Å². The number of rotatable bonds is 8. The molecule has 5 rings (SSSR count). The predicted molar refractivity (Wildman–Crippen MR) is 129 cm³/mol. The Labute approximate surface area is 199 Å². The van der Waals surface area contributed by atoms with Crippen molar-refractivity contribution in [3.05, 3.63) is 22.7 Å². The van der Waals surface area contributed by atoms with E-state index in [1.807, 2.05) is 12.3 Å². The Balaban J connectivity index is 1.30. The summed E-state index contributed by atoms with van der Waals surface area (Å²) in [6.45, 7) is 6.61. The number of ether oxygens (including phenoxy) is 3. The van der Waals surface area contributed by atoms with Crippen LogP contribution in [0.3, 0.4) is 0 Å². The Hall–Kier alpha value is -1.74. The Bertz CT molecular complexity index is 979. The number of carbonyl (C=O) groups excluding carboxylic acids is 1. The second-order valence-electron chi connectivity index (χ2n) is 9.64. The van der Waals surface area contributed by atoms with E-state index < -0.39 is 5.91 Å². The summed E-state index contributed by atoms with van der Waals surface area (Å²) >= 11 is 1.77. The van der Waals surface area contributed by atoms with Gasteiger partial charge in [0.05, 0.1) is 31.3 Å². The average molecular weight is 474 g/mol. The van der Waals surface area contributed by atoms with Gasteiger partial charge in [0.1, 0.15) is 17.2 Å². The van der Waals surface area contributed by atoms with Crippen LogP contribution in [0.1, 0.15) is 61.8 Å². The smallest absolute Gasteiger partial charge is 0.243 e. The van der Waals surface area contributed by atoms with Crippen molar-refractivity contribution in [3.8, 4) is 5.75 Å². The van der Waals surface area contributed by atoms with Crippen molar-refractivity contribution in [3.63, 3.8) is 0 Å². The number of aryl methyl sites for hydroxylation is 1. The van der Waals surface area contributed by atoms with Crippen LogP contribution in [0.4, 0.5) is 0 Å². The van der Waals surface area contributed by atoms with Crippen LogP contribution < -0.4 is 10.5 Å². The van der Waals surface area contributed by atoms with Crippen molar-refractivity contribution in [2.45, 2.75) is 69.4 Å². The predicted octanol–water partition coefficient (Wildman–Crippen LogP) is 3.63. The van der Waals surface area contributed by atoms with E-state index in [1.54, 1.807) is 11.3 Å². The molecule has 2 N–H and O–H groups in total. The van der Waals surface area contributed by atoms with Crippen LogP contribution >= 0.6 is 11.3 Å². The average Bonchev–Trinajstić information content (AvgIpc) is 3.40. The second kappa shape index (κ2) is 9.86. The van der Waals surface area contributed by atoms with Gasteiger partial charge in [0.2, 0.25) is 5.91 Å². The fraction of sp³-hybridized carbons (Fsp3) is 0.680. The third kappa shape index (κ3) is 4.63. The standard InChI is InChI=1S/C25H35N3O4S/c1-2-25(28-11-13-30-14-12-28)8-5-18(6-9-25)32-19-7-10-27-24-23(19)22-17(3-4-20(22)33-24)15-31-16-21(26)29/h7,10,17-18H,2-6,8-9,11-16H2,1H3,(H2,26,29)/t17-,18?,25?/m1/s1. The second-order valence-corrected chi connectivity index (χ2v) is 10.7. The first-order valence-corrected chi connectivity index (χ1v) is 13.2. The van der Waals surface area contributed by atoms with Gasteiger partial charge in [-0.25, -0.2) is 4.98 Å². The van der Waals surface area contributed by atoms with Crippen molar-refractivity contribution >= 4 is 27.5 Å². The van der Waals surface area contributed by atoms with Gasteiger partial charge in [-0.2, -0.15) is 0 Å². The van der Waals surface area contributed by atoms with Crippen LogP contribution in [-0.4, -0.2) is 67.0 Å². The van der Waals surface area contributed by atoms with Crippen LogP contribution in [0.15, 0.2) is 12.3 Å². The number of aromatic nitrogens is 1. The summed E-state index contributed by atoms with van der Waals surface area (Å²) in [5.41, 5.74) is 6.86. The molecule has 3 aliphatic rings. The normalized spacial score (nSPS) is 28.2. The Morgan fingerprint density at radius 2 is 2.09 bits per heavy atom.